The summed E-state index contributed by atoms with van der Waals surface area (Å²) in [6.07, 6.45) is 1.02. The number of nitrogens with one attached hydrogen (secondary N) is 1. The number of H-pyrrole nitrogens is 1. The molecular weight excluding hydrogens is 372 g/mol. The highest BCUT2D eigenvalue weighted by molar-refractivity contribution is 6.00. The number of likely N-dealkylation sites (N-methyl/N-ethyl adjacent to an activating group) is 1. The van der Waals surface area contributed by atoms with Crippen LogP contribution in [0, 0.1) is 13.8 Å². The van der Waals surface area contributed by atoms with E-state index in [9.17, 15) is 4.79 Å². The van der Waals surface area contributed by atoms with Gasteiger partial charge in [-0.25, -0.2) is 0 Å². The van der Waals surface area contributed by atoms with Gasteiger partial charge in [0.2, 0.25) is 0 Å². The van der Waals surface area contributed by atoms with Gasteiger partial charge in [-0.2, -0.15) is 0 Å². The number of hydrogen-bond acceptors (Lipinski definition) is 3. The average Bonchev–Trinajstić information content (AvgIpc) is 2.95. The Hall–Kier alpha value is -2.66. The molecule has 3 heterocycles. The molecule has 0 aliphatic carbocycles. The topological polar surface area (TPSA) is 52.2 Å². The van der Waals surface area contributed by atoms with Gasteiger partial charge in [0, 0.05) is 53.1 Å². The van der Waals surface area contributed by atoms with Crippen molar-refractivity contribution in [2.24, 2.45) is 0 Å². The predicted molar refractivity (Wildman–Crippen MR) is 123 cm³/mol. The molecule has 1 aliphatic rings. The van der Waals surface area contributed by atoms with E-state index in [0.717, 1.165) is 71.7 Å². The molecule has 1 fully saturated rings. The van der Waals surface area contributed by atoms with Gasteiger partial charge in [0.05, 0.1) is 5.69 Å². The lowest BCUT2D eigenvalue weighted by Crippen LogP contribution is -2.34. The van der Waals surface area contributed by atoms with Crippen molar-refractivity contribution in [1.82, 2.24) is 19.8 Å². The van der Waals surface area contributed by atoms with E-state index in [2.05, 4.69) is 60.0 Å². The number of carbonyl (C=O) groups is 1. The van der Waals surface area contributed by atoms with E-state index in [-0.39, 0.29) is 5.91 Å². The molecule has 1 aliphatic heterocycles. The van der Waals surface area contributed by atoms with Gasteiger partial charge < -0.3 is 14.8 Å². The maximum absolute atomic E-state index is 13.2. The number of nitrogens with zero attached hydrogens (tertiary/aromatic N) is 3. The van der Waals surface area contributed by atoms with E-state index >= 15 is 0 Å². The maximum atomic E-state index is 13.2. The molecule has 0 radical (unpaired) electrons. The minimum Gasteiger partial charge on any atom is -0.354 e. The molecule has 158 valence electrons. The normalized spacial score (nSPS) is 15.7. The number of amides is 1. The Morgan fingerprint density at radius 2 is 1.77 bits per heavy atom. The zero-order valence-electron chi connectivity index (χ0n) is 18.7. The number of carbonyl (C=O) groups excluding carboxylic acids is 1. The number of hydrogen-bond donors (Lipinski definition) is 1. The van der Waals surface area contributed by atoms with E-state index in [1.54, 1.807) is 0 Å². The SMILES string of the molecule is Cc1cc(-c2[nH]c3ccc(C(=O)N4CCCN(C)CC4)cc3c2C(C)C)cc(C)n1. The third-order valence-electron chi connectivity index (χ3n) is 6.04. The van der Waals surface area contributed by atoms with Crippen molar-refractivity contribution in [2.45, 2.75) is 40.0 Å². The van der Waals surface area contributed by atoms with Crippen LogP contribution in [0.15, 0.2) is 30.3 Å². The Bertz CT molecular complexity index is 1060. The van der Waals surface area contributed by atoms with Gasteiger partial charge in [0.25, 0.3) is 5.91 Å². The van der Waals surface area contributed by atoms with Crippen LogP contribution in [0.5, 0.6) is 0 Å². The predicted octanol–water partition coefficient (Wildman–Crippen LogP) is 4.75. The molecule has 1 N–H and O–H groups in total. The highest BCUT2D eigenvalue weighted by atomic mass is 16.2. The van der Waals surface area contributed by atoms with Crippen molar-refractivity contribution in [3.8, 4) is 11.3 Å². The molecule has 2 aromatic heterocycles. The van der Waals surface area contributed by atoms with Gasteiger partial charge in [-0.05, 0) is 75.7 Å². The van der Waals surface area contributed by atoms with Crippen molar-refractivity contribution >= 4 is 16.8 Å². The Labute approximate surface area is 179 Å². The van der Waals surface area contributed by atoms with Crippen LogP contribution >= 0.6 is 0 Å². The molecule has 1 saturated heterocycles. The zero-order valence-corrected chi connectivity index (χ0v) is 18.7. The quantitative estimate of drug-likeness (QED) is 0.685. The Balaban J connectivity index is 1.77. The van der Waals surface area contributed by atoms with Crippen LogP contribution in [-0.2, 0) is 0 Å². The van der Waals surface area contributed by atoms with Gasteiger partial charge >= 0.3 is 0 Å². The first-order valence-corrected chi connectivity index (χ1v) is 10.9. The van der Waals surface area contributed by atoms with Gasteiger partial charge in [0.1, 0.15) is 0 Å². The van der Waals surface area contributed by atoms with Crippen LogP contribution in [0.4, 0.5) is 0 Å². The summed E-state index contributed by atoms with van der Waals surface area (Å²) in [5.74, 6) is 0.472. The largest absolute Gasteiger partial charge is 0.354 e. The molecule has 0 spiro atoms. The molecule has 30 heavy (non-hydrogen) atoms. The van der Waals surface area contributed by atoms with Crippen molar-refractivity contribution in [3.05, 3.63) is 52.8 Å². The molecule has 0 bridgehead atoms. The Kier molecular flexibility index (Phi) is 5.65. The molecule has 3 aromatic rings. The number of fused-ring (bicyclic) bond motifs is 1. The summed E-state index contributed by atoms with van der Waals surface area (Å²) in [6, 6.07) is 10.4. The second kappa shape index (κ2) is 8.23. The summed E-state index contributed by atoms with van der Waals surface area (Å²) >= 11 is 0. The number of aromatic amines is 1. The number of aromatic nitrogens is 2. The first-order valence-electron chi connectivity index (χ1n) is 10.9. The Morgan fingerprint density at radius 1 is 1.03 bits per heavy atom. The smallest absolute Gasteiger partial charge is 0.253 e. The van der Waals surface area contributed by atoms with Crippen LogP contribution in [0.3, 0.4) is 0 Å². The highest BCUT2D eigenvalue weighted by Crippen LogP contribution is 2.36. The summed E-state index contributed by atoms with van der Waals surface area (Å²) < 4.78 is 0. The van der Waals surface area contributed by atoms with Gasteiger partial charge in [-0.3, -0.25) is 9.78 Å². The van der Waals surface area contributed by atoms with E-state index < -0.39 is 0 Å². The van der Waals surface area contributed by atoms with Crippen LogP contribution in [-0.4, -0.2) is 58.9 Å². The third-order valence-corrected chi connectivity index (χ3v) is 6.04. The number of pyridine rings is 1. The average molecular weight is 405 g/mol. The lowest BCUT2D eigenvalue weighted by atomic mass is 9.95. The number of rotatable bonds is 3. The molecule has 5 nitrogen and oxygen atoms in total. The maximum Gasteiger partial charge on any atom is 0.253 e. The van der Waals surface area contributed by atoms with E-state index in [1.165, 1.54) is 5.56 Å². The van der Waals surface area contributed by atoms with E-state index in [0.29, 0.717) is 5.92 Å². The van der Waals surface area contributed by atoms with Crippen LogP contribution in [0.2, 0.25) is 0 Å². The van der Waals surface area contributed by atoms with Crippen LogP contribution in [0.25, 0.3) is 22.2 Å². The standard InChI is InChI=1S/C25H32N4O/c1-16(2)23-21-15-19(25(30)29-10-6-9-28(5)11-12-29)7-8-22(21)27-24(23)20-13-17(3)26-18(4)14-20/h7-8,13-16,27H,6,9-12H2,1-5H3. The molecule has 1 aromatic carbocycles. The molecule has 1 amide bonds. The fourth-order valence-electron chi connectivity index (χ4n) is 4.58. The zero-order chi connectivity index (χ0) is 21.4. The lowest BCUT2D eigenvalue weighted by molar-refractivity contribution is 0.0763. The molecule has 0 atom stereocenters. The second-order valence-electron chi connectivity index (χ2n) is 8.92. The van der Waals surface area contributed by atoms with E-state index in [1.807, 2.05) is 24.8 Å². The fourth-order valence-corrected chi connectivity index (χ4v) is 4.58. The summed E-state index contributed by atoms with van der Waals surface area (Å²) in [5.41, 5.74) is 7.44. The minimum absolute atomic E-state index is 0.139. The molecule has 4 rings (SSSR count). The molecule has 0 unspecified atom stereocenters. The van der Waals surface area contributed by atoms with Crippen molar-refractivity contribution in [2.75, 3.05) is 33.2 Å². The number of benzene rings is 1. The van der Waals surface area contributed by atoms with Crippen molar-refractivity contribution < 1.29 is 4.79 Å². The van der Waals surface area contributed by atoms with Crippen molar-refractivity contribution in [3.63, 3.8) is 0 Å². The first kappa shape index (κ1) is 20.6. The van der Waals surface area contributed by atoms with Crippen molar-refractivity contribution in [1.29, 1.82) is 0 Å². The van der Waals surface area contributed by atoms with E-state index in [4.69, 9.17) is 0 Å². The van der Waals surface area contributed by atoms with Crippen LogP contribution < -0.4 is 0 Å². The first-order chi connectivity index (χ1) is 14.3. The monoisotopic (exact) mass is 404 g/mol. The summed E-state index contributed by atoms with van der Waals surface area (Å²) in [6.45, 7) is 12.1. The second-order valence-corrected chi connectivity index (χ2v) is 8.92. The van der Waals surface area contributed by atoms with Crippen LogP contribution in [0.1, 0.15) is 53.5 Å². The highest BCUT2D eigenvalue weighted by Gasteiger charge is 2.22. The molecule has 5 heteroatoms. The van der Waals surface area contributed by atoms with Gasteiger partial charge in [0.15, 0.2) is 0 Å². The third kappa shape index (κ3) is 3.99. The van der Waals surface area contributed by atoms with Gasteiger partial charge in [-0.1, -0.05) is 13.8 Å². The van der Waals surface area contributed by atoms with Gasteiger partial charge in [-0.15, -0.1) is 0 Å². The molecular formula is C25H32N4O. The summed E-state index contributed by atoms with van der Waals surface area (Å²) in [5, 5.41) is 1.14. The summed E-state index contributed by atoms with van der Waals surface area (Å²) in [4.78, 5) is 25.7. The molecule has 0 saturated carbocycles. The Morgan fingerprint density at radius 3 is 2.47 bits per heavy atom. The number of aryl methyl sites for hydroxylation is 2. The summed E-state index contributed by atoms with van der Waals surface area (Å²) in [7, 11) is 2.12. The minimum atomic E-state index is 0.139. The lowest BCUT2D eigenvalue weighted by Gasteiger charge is -2.20. The fraction of sp³-hybridized carbons (Fsp3) is 0.440.